The highest BCUT2D eigenvalue weighted by molar-refractivity contribution is 7.89. The van der Waals surface area contributed by atoms with E-state index in [0.29, 0.717) is 11.4 Å². The van der Waals surface area contributed by atoms with Gasteiger partial charge in [0, 0.05) is 0 Å². The Morgan fingerprint density at radius 2 is 1.67 bits per heavy atom. The van der Waals surface area contributed by atoms with Crippen molar-refractivity contribution in [2.24, 2.45) is 10.2 Å². The molecule has 0 heterocycles. The van der Waals surface area contributed by atoms with E-state index < -0.39 is 10.0 Å². The Balaban J connectivity index is 2.11. The lowest BCUT2D eigenvalue weighted by atomic mass is 10.1. The molecular weight excluding hydrogens is 293 g/mol. The maximum atomic E-state index is 12.8. The third-order valence-electron chi connectivity index (χ3n) is 2.80. The fourth-order valence-electron chi connectivity index (χ4n) is 1.62. The molecule has 0 bridgehead atoms. The van der Waals surface area contributed by atoms with E-state index in [4.69, 9.17) is 5.14 Å². The third kappa shape index (κ3) is 4.11. The van der Waals surface area contributed by atoms with Crippen LogP contribution in [0.5, 0.6) is 0 Å². The van der Waals surface area contributed by atoms with E-state index in [9.17, 15) is 12.8 Å². The Bertz CT molecular complexity index is 754. The Labute approximate surface area is 122 Å². The molecule has 0 saturated heterocycles. The van der Waals surface area contributed by atoms with E-state index in [2.05, 4.69) is 10.5 Å². The molecule has 0 aliphatic rings. The maximum absolute atomic E-state index is 12.8. The zero-order chi connectivity index (χ0) is 15.5. The minimum Gasteiger partial charge on any atom is -0.278 e. The first-order valence-corrected chi connectivity index (χ1v) is 7.60. The Morgan fingerprint density at radius 1 is 1.10 bits per heavy atom. The number of nitrogens with two attached hydrogens (primary N) is 1. The third-order valence-corrected chi connectivity index (χ3v) is 3.73. The molecule has 0 radical (unpaired) electrons. The normalized spacial score (nSPS) is 12.2. The number of hydrogen-bond donors (Lipinski definition) is 2. The summed E-state index contributed by atoms with van der Waals surface area (Å²) in [5.74, 6) is -0.307. The van der Waals surface area contributed by atoms with E-state index >= 15 is 0 Å². The van der Waals surface area contributed by atoms with Gasteiger partial charge in [-0.3, -0.25) is 5.43 Å². The van der Waals surface area contributed by atoms with Crippen LogP contribution < -0.4 is 10.6 Å². The SMILES string of the molecule is CC(=NNc1ccc(S(N)(=O)=O)cc1)c1ccc(F)cc1. The number of sulfonamides is 1. The smallest absolute Gasteiger partial charge is 0.238 e. The fourth-order valence-corrected chi connectivity index (χ4v) is 2.14. The van der Waals surface area contributed by atoms with Crippen LogP contribution >= 0.6 is 0 Å². The molecule has 2 rings (SSSR count). The molecule has 0 amide bonds. The highest BCUT2D eigenvalue weighted by Gasteiger charge is 2.06. The minimum absolute atomic E-state index is 0.0345. The zero-order valence-corrected chi connectivity index (χ0v) is 12.1. The van der Waals surface area contributed by atoms with Crippen molar-refractivity contribution < 1.29 is 12.8 Å². The molecular formula is C14H14FN3O2S. The monoisotopic (exact) mass is 307 g/mol. The molecule has 5 nitrogen and oxygen atoms in total. The Hall–Kier alpha value is -2.25. The summed E-state index contributed by atoms with van der Waals surface area (Å²) in [6, 6.07) is 11.9. The summed E-state index contributed by atoms with van der Waals surface area (Å²) in [6.07, 6.45) is 0. The quantitative estimate of drug-likeness (QED) is 0.671. The number of nitrogens with zero attached hydrogens (tertiary/aromatic N) is 1. The van der Waals surface area contributed by atoms with Crippen molar-refractivity contribution in [3.8, 4) is 0 Å². The van der Waals surface area contributed by atoms with Gasteiger partial charge in [0.2, 0.25) is 10.0 Å². The van der Waals surface area contributed by atoms with Crippen molar-refractivity contribution in [1.29, 1.82) is 0 Å². The predicted octanol–water partition coefficient (Wildman–Crippen LogP) is 2.31. The molecule has 0 aliphatic heterocycles. The number of anilines is 1. The number of halogens is 1. The first-order chi connectivity index (χ1) is 9.86. The number of benzene rings is 2. The molecule has 7 heteroatoms. The van der Waals surface area contributed by atoms with Crippen molar-refractivity contribution >= 4 is 21.4 Å². The summed E-state index contributed by atoms with van der Waals surface area (Å²) in [4.78, 5) is 0.0345. The van der Waals surface area contributed by atoms with Crippen LogP contribution in [0.1, 0.15) is 12.5 Å². The van der Waals surface area contributed by atoms with Gasteiger partial charge in [0.05, 0.1) is 16.3 Å². The van der Waals surface area contributed by atoms with Crippen LogP contribution in [0.25, 0.3) is 0 Å². The second kappa shape index (κ2) is 6.02. The largest absolute Gasteiger partial charge is 0.278 e. The molecule has 0 saturated carbocycles. The highest BCUT2D eigenvalue weighted by Crippen LogP contribution is 2.13. The van der Waals surface area contributed by atoms with Crippen LogP contribution in [-0.2, 0) is 10.0 Å². The number of hydrazone groups is 1. The first-order valence-electron chi connectivity index (χ1n) is 6.05. The van der Waals surface area contributed by atoms with Gasteiger partial charge < -0.3 is 0 Å². The van der Waals surface area contributed by atoms with E-state index in [1.165, 1.54) is 24.3 Å². The van der Waals surface area contributed by atoms with Gasteiger partial charge in [-0.1, -0.05) is 12.1 Å². The average Bonchev–Trinajstić information content (AvgIpc) is 2.45. The number of rotatable bonds is 4. The van der Waals surface area contributed by atoms with Crippen LogP contribution in [0.2, 0.25) is 0 Å². The second-order valence-corrected chi connectivity index (χ2v) is 5.95. The van der Waals surface area contributed by atoms with Gasteiger partial charge >= 0.3 is 0 Å². The Kier molecular flexibility index (Phi) is 4.35. The van der Waals surface area contributed by atoms with E-state index in [0.717, 1.165) is 5.56 Å². The molecule has 0 atom stereocenters. The maximum Gasteiger partial charge on any atom is 0.238 e. The lowest BCUT2D eigenvalue weighted by Gasteiger charge is -2.04. The van der Waals surface area contributed by atoms with E-state index in [1.54, 1.807) is 31.2 Å². The summed E-state index contributed by atoms with van der Waals surface area (Å²) >= 11 is 0. The van der Waals surface area contributed by atoms with Crippen molar-refractivity contribution in [2.45, 2.75) is 11.8 Å². The van der Waals surface area contributed by atoms with Gasteiger partial charge in [-0.25, -0.2) is 17.9 Å². The molecule has 0 unspecified atom stereocenters. The highest BCUT2D eigenvalue weighted by atomic mass is 32.2. The number of hydrogen-bond acceptors (Lipinski definition) is 4. The summed E-state index contributed by atoms with van der Waals surface area (Å²) in [5, 5.41) is 9.16. The zero-order valence-electron chi connectivity index (χ0n) is 11.2. The van der Waals surface area contributed by atoms with Crippen molar-refractivity contribution in [2.75, 3.05) is 5.43 Å². The minimum atomic E-state index is -3.70. The lowest BCUT2D eigenvalue weighted by Crippen LogP contribution is -2.11. The molecule has 0 aliphatic carbocycles. The van der Waals surface area contributed by atoms with Crippen LogP contribution in [0, 0.1) is 5.82 Å². The standard InChI is InChI=1S/C14H14FN3O2S/c1-10(11-2-4-12(15)5-3-11)17-18-13-6-8-14(9-7-13)21(16,19)20/h2-9,18H,1H3,(H2,16,19,20). The summed E-state index contributed by atoms with van der Waals surface area (Å²) < 4.78 is 35.1. The van der Waals surface area contributed by atoms with Crippen LogP contribution in [0.3, 0.4) is 0 Å². The number of nitrogens with one attached hydrogen (secondary N) is 1. The van der Waals surface area contributed by atoms with Gasteiger partial charge in [-0.05, 0) is 48.9 Å². The molecule has 110 valence electrons. The van der Waals surface area contributed by atoms with E-state index in [-0.39, 0.29) is 10.7 Å². The lowest BCUT2D eigenvalue weighted by molar-refractivity contribution is 0.598. The van der Waals surface area contributed by atoms with Crippen LogP contribution in [0.4, 0.5) is 10.1 Å². The molecule has 0 aromatic heterocycles. The summed E-state index contributed by atoms with van der Waals surface area (Å²) in [6.45, 7) is 1.78. The average molecular weight is 307 g/mol. The van der Waals surface area contributed by atoms with Gasteiger partial charge in [0.1, 0.15) is 5.82 Å². The molecule has 2 aromatic rings. The van der Waals surface area contributed by atoms with Gasteiger partial charge in [0.15, 0.2) is 0 Å². The van der Waals surface area contributed by atoms with Gasteiger partial charge in [0.25, 0.3) is 0 Å². The Morgan fingerprint density at radius 3 is 2.19 bits per heavy atom. The first kappa shape index (κ1) is 15.1. The summed E-state index contributed by atoms with van der Waals surface area (Å²) in [5.41, 5.74) is 4.86. The van der Waals surface area contributed by atoms with Crippen molar-refractivity contribution in [3.63, 3.8) is 0 Å². The van der Waals surface area contributed by atoms with Crippen molar-refractivity contribution in [1.82, 2.24) is 0 Å². The molecule has 0 spiro atoms. The molecule has 3 N–H and O–H groups in total. The van der Waals surface area contributed by atoms with Gasteiger partial charge in [-0.2, -0.15) is 5.10 Å². The predicted molar refractivity (Wildman–Crippen MR) is 80.0 cm³/mol. The molecule has 0 fully saturated rings. The topological polar surface area (TPSA) is 84.5 Å². The fraction of sp³-hybridized carbons (Fsp3) is 0.0714. The molecule has 21 heavy (non-hydrogen) atoms. The van der Waals surface area contributed by atoms with E-state index in [1.807, 2.05) is 0 Å². The van der Waals surface area contributed by atoms with Gasteiger partial charge in [-0.15, -0.1) is 0 Å². The molecule has 2 aromatic carbocycles. The summed E-state index contributed by atoms with van der Waals surface area (Å²) in [7, 11) is -3.70. The van der Waals surface area contributed by atoms with Crippen molar-refractivity contribution in [3.05, 3.63) is 59.9 Å². The van der Waals surface area contributed by atoms with Crippen LogP contribution in [0.15, 0.2) is 58.5 Å². The second-order valence-electron chi connectivity index (χ2n) is 4.39. The van der Waals surface area contributed by atoms with Crippen LogP contribution in [-0.4, -0.2) is 14.1 Å². The number of primary sulfonamides is 1.